The molecule has 6 heteroatoms. The number of carbonyl (C=O) groups excluding carboxylic acids is 1. The molecule has 21 heavy (non-hydrogen) atoms. The van der Waals surface area contributed by atoms with E-state index in [9.17, 15) is 14.7 Å². The smallest absolute Gasteiger partial charge is 0.307 e. The minimum Gasteiger partial charge on any atom is -0.481 e. The first-order valence-corrected chi connectivity index (χ1v) is 7.44. The summed E-state index contributed by atoms with van der Waals surface area (Å²) < 4.78 is 0. The lowest BCUT2D eigenvalue weighted by Gasteiger charge is -2.21. The third kappa shape index (κ3) is 9.20. The van der Waals surface area contributed by atoms with E-state index in [2.05, 4.69) is 11.9 Å². The molecule has 0 rings (SSSR count). The van der Waals surface area contributed by atoms with E-state index >= 15 is 0 Å². The molecule has 0 aromatic rings. The predicted molar refractivity (Wildman–Crippen MR) is 83.7 cm³/mol. The van der Waals surface area contributed by atoms with E-state index in [1.54, 1.807) is 0 Å². The van der Waals surface area contributed by atoms with Gasteiger partial charge in [0.1, 0.15) is 0 Å². The summed E-state index contributed by atoms with van der Waals surface area (Å²) in [6.45, 7) is 8.04. The zero-order valence-corrected chi connectivity index (χ0v) is 13.1. The normalized spacial score (nSPS) is 15.0. The number of hydrogen-bond donors (Lipinski definition) is 4. The van der Waals surface area contributed by atoms with Crippen molar-refractivity contribution < 1.29 is 14.7 Å². The molecule has 0 saturated carbocycles. The van der Waals surface area contributed by atoms with Crippen molar-refractivity contribution in [3.8, 4) is 0 Å². The van der Waals surface area contributed by atoms with E-state index in [1.807, 2.05) is 13.8 Å². The number of rotatable bonds is 11. The van der Waals surface area contributed by atoms with Crippen LogP contribution in [0.15, 0.2) is 12.2 Å². The SMILES string of the molecule is C=C(CC)CC(CC(=O)NC(CCN)CC(C)N)C(=O)O. The molecule has 0 radical (unpaired) electrons. The summed E-state index contributed by atoms with van der Waals surface area (Å²) in [7, 11) is 0. The molecule has 0 fully saturated rings. The number of aliphatic carboxylic acids is 1. The molecule has 0 spiro atoms. The molecule has 0 aliphatic rings. The maximum absolute atomic E-state index is 12.0. The van der Waals surface area contributed by atoms with Crippen LogP contribution in [0.25, 0.3) is 0 Å². The first-order chi connectivity index (χ1) is 9.79. The van der Waals surface area contributed by atoms with Gasteiger partial charge in [0.05, 0.1) is 5.92 Å². The molecule has 0 saturated heterocycles. The van der Waals surface area contributed by atoms with Gasteiger partial charge < -0.3 is 21.9 Å². The van der Waals surface area contributed by atoms with Gasteiger partial charge >= 0.3 is 5.97 Å². The highest BCUT2D eigenvalue weighted by Crippen LogP contribution is 2.17. The van der Waals surface area contributed by atoms with Crippen molar-refractivity contribution in [2.45, 2.75) is 58.0 Å². The van der Waals surface area contributed by atoms with E-state index < -0.39 is 11.9 Å². The quantitative estimate of drug-likeness (QED) is 0.424. The highest BCUT2D eigenvalue weighted by atomic mass is 16.4. The minimum atomic E-state index is -0.970. The molecule has 0 bridgehead atoms. The van der Waals surface area contributed by atoms with Crippen molar-refractivity contribution >= 4 is 11.9 Å². The monoisotopic (exact) mass is 299 g/mol. The van der Waals surface area contributed by atoms with Crippen molar-refractivity contribution in [3.05, 3.63) is 12.2 Å². The van der Waals surface area contributed by atoms with E-state index in [4.69, 9.17) is 11.5 Å². The summed E-state index contributed by atoms with van der Waals surface area (Å²) in [5, 5.41) is 12.0. The lowest BCUT2D eigenvalue weighted by Crippen LogP contribution is -2.41. The second kappa shape index (κ2) is 10.3. The van der Waals surface area contributed by atoms with Crippen molar-refractivity contribution in [2.24, 2.45) is 17.4 Å². The molecule has 0 aromatic carbocycles. The third-order valence-corrected chi connectivity index (χ3v) is 3.35. The van der Waals surface area contributed by atoms with Gasteiger partial charge in [0.15, 0.2) is 0 Å². The predicted octanol–water partition coefficient (Wildman–Crippen LogP) is 1.00. The van der Waals surface area contributed by atoms with Crippen molar-refractivity contribution in [2.75, 3.05) is 6.54 Å². The highest BCUT2D eigenvalue weighted by molar-refractivity contribution is 5.82. The average molecular weight is 299 g/mol. The van der Waals surface area contributed by atoms with Gasteiger partial charge in [-0.15, -0.1) is 0 Å². The van der Waals surface area contributed by atoms with Gasteiger partial charge in [-0.2, -0.15) is 0 Å². The van der Waals surface area contributed by atoms with Crippen LogP contribution in [0.4, 0.5) is 0 Å². The molecule has 0 aliphatic heterocycles. The molecule has 122 valence electrons. The molecule has 0 aliphatic carbocycles. The molecular weight excluding hydrogens is 270 g/mol. The topological polar surface area (TPSA) is 118 Å². The summed E-state index contributed by atoms with van der Waals surface area (Å²) in [5.41, 5.74) is 12.1. The largest absolute Gasteiger partial charge is 0.481 e. The Morgan fingerprint density at radius 3 is 2.38 bits per heavy atom. The zero-order valence-electron chi connectivity index (χ0n) is 13.1. The first kappa shape index (κ1) is 19.6. The maximum Gasteiger partial charge on any atom is 0.307 e. The Labute approximate surface area is 127 Å². The number of carboxylic acid groups (broad SMARTS) is 1. The summed E-state index contributed by atoms with van der Waals surface area (Å²) in [5.74, 6) is -1.97. The van der Waals surface area contributed by atoms with Crippen LogP contribution >= 0.6 is 0 Å². The molecule has 6 N–H and O–H groups in total. The average Bonchev–Trinajstić information content (AvgIpc) is 2.36. The molecule has 6 nitrogen and oxygen atoms in total. The number of nitrogens with two attached hydrogens (primary N) is 2. The van der Waals surface area contributed by atoms with Gasteiger partial charge in [-0.05, 0) is 39.2 Å². The van der Waals surface area contributed by atoms with Crippen molar-refractivity contribution in [1.82, 2.24) is 5.32 Å². The van der Waals surface area contributed by atoms with Gasteiger partial charge in [0.25, 0.3) is 0 Å². The van der Waals surface area contributed by atoms with Gasteiger partial charge in [0.2, 0.25) is 5.91 Å². The van der Waals surface area contributed by atoms with E-state index in [0.717, 1.165) is 5.57 Å². The fraction of sp³-hybridized carbons (Fsp3) is 0.733. The lowest BCUT2D eigenvalue weighted by atomic mass is 9.95. The number of allylic oxidation sites excluding steroid dienone is 1. The van der Waals surface area contributed by atoms with E-state index in [-0.39, 0.29) is 24.4 Å². The molecular formula is C15H29N3O3. The first-order valence-electron chi connectivity index (χ1n) is 7.44. The van der Waals surface area contributed by atoms with Crippen LogP contribution in [0.5, 0.6) is 0 Å². The number of carboxylic acids is 1. The molecule has 0 heterocycles. The standard InChI is InChI=1S/C15H29N3O3/c1-4-10(2)7-12(15(20)21)9-14(19)18-13(5-6-16)8-11(3)17/h11-13H,2,4-9,16-17H2,1,3H3,(H,18,19)(H,20,21). The maximum atomic E-state index is 12.0. The second-order valence-electron chi connectivity index (χ2n) is 5.60. The Hall–Kier alpha value is -1.40. The van der Waals surface area contributed by atoms with Gasteiger partial charge in [0, 0.05) is 18.5 Å². The Bertz CT molecular complexity index is 356. The van der Waals surface area contributed by atoms with Gasteiger partial charge in [-0.1, -0.05) is 19.1 Å². The molecule has 0 aromatic heterocycles. The number of carbonyl (C=O) groups is 2. The fourth-order valence-corrected chi connectivity index (χ4v) is 2.15. The fourth-order valence-electron chi connectivity index (χ4n) is 2.15. The van der Waals surface area contributed by atoms with Crippen LogP contribution in [0.3, 0.4) is 0 Å². The van der Waals surface area contributed by atoms with Crippen LogP contribution < -0.4 is 16.8 Å². The Morgan fingerprint density at radius 1 is 1.33 bits per heavy atom. The third-order valence-electron chi connectivity index (χ3n) is 3.35. The zero-order chi connectivity index (χ0) is 16.4. The van der Waals surface area contributed by atoms with Gasteiger partial charge in [-0.25, -0.2) is 0 Å². The van der Waals surface area contributed by atoms with Crippen LogP contribution in [0.2, 0.25) is 0 Å². The van der Waals surface area contributed by atoms with Crippen LogP contribution in [0, 0.1) is 5.92 Å². The molecule has 3 unspecified atom stereocenters. The Balaban J connectivity index is 4.52. The number of nitrogens with one attached hydrogen (secondary N) is 1. The van der Waals surface area contributed by atoms with Gasteiger partial charge in [-0.3, -0.25) is 9.59 Å². The minimum absolute atomic E-state index is 0.0445. The van der Waals surface area contributed by atoms with E-state index in [1.165, 1.54) is 0 Å². The number of amides is 1. The lowest BCUT2D eigenvalue weighted by molar-refractivity contribution is -0.144. The number of hydrogen-bond acceptors (Lipinski definition) is 4. The van der Waals surface area contributed by atoms with Crippen LogP contribution in [0.1, 0.15) is 46.0 Å². The Kier molecular flexibility index (Phi) is 9.65. The summed E-state index contributed by atoms with van der Waals surface area (Å²) in [4.78, 5) is 23.2. The highest BCUT2D eigenvalue weighted by Gasteiger charge is 2.23. The van der Waals surface area contributed by atoms with Crippen molar-refractivity contribution in [3.63, 3.8) is 0 Å². The Morgan fingerprint density at radius 2 is 1.95 bits per heavy atom. The summed E-state index contributed by atoms with van der Waals surface area (Å²) >= 11 is 0. The van der Waals surface area contributed by atoms with Crippen molar-refractivity contribution in [1.29, 1.82) is 0 Å². The molecule has 1 amide bonds. The van der Waals surface area contributed by atoms with Crippen LogP contribution in [-0.4, -0.2) is 35.6 Å². The molecule has 3 atom stereocenters. The summed E-state index contributed by atoms with van der Waals surface area (Å²) in [6.07, 6.45) is 2.25. The second-order valence-corrected chi connectivity index (χ2v) is 5.60. The van der Waals surface area contributed by atoms with Crippen LogP contribution in [-0.2, 0) is 9.59 Å². The summed E-state index contributed by atoms with van der Waals surface area (Å²) in [6, 6.07) is -0.150. The van der Waals surface area contributed by atoms with E-state index in [0.29, 0.717) is 32.2 Å².